The molecule has 9 heteroatoms. The van der Waals surface area contributed by atoms with Crippen LogP contribution in [0.2, 0.25) is 0 Å². The Morgan fingerprint density at radius 3 is 2.26 bits per heavy atom. The standard InChI is InChI=1S/C26H29N3O5S/c1-5-20-21-19(15-29(20)35(32,33)18-13-11-16(2)12-14-18)23(17-9-7-6-8-10-17)34-25-22(21)24(30)27(3)26(31)28(25)4/h6-14,19-21,23H,5,15H2,1-4H3/t19-,20?,21+,23?/m0/s1. The van der Waals surface area contributed by atoms with Crippen LogP contribution in [0.4, 0.5) is 0 Å². The number of ether oxygens (including phenoxy) is 1. The molecule has 3 aromatic rings. The molecule has 8 nitrogen and oxygen atoms in total. The van der Waals surface area contributed by atoms with Gasteiger partial charge in [-0.25, -0.2) is 13.2 Å². The van der Waals surface area contributed by atoms with E-state index in [1.165, 1.54) is 15.9 Å². The molecular weight excluding hydrogens is 466 g/mol. The summed E-state index contributed by atoms with van der Waals surface area (Å²) in [6.45, 7) is 4.06. The van der Waals surface area contributed by atoms with Gasteiger partial charge in [-0.05, 0) is 31.0 Å². The third-order valence-electron chi connectivity index (χ3n) is 7.42. The van der Waals surface area contributed by atoms with E-state index in [1.54, 1.807) is 31.3 Å². The maximum atomic E-state index is 13.8. The summed E-state index contributed by atoms with van der Waals surface area (Å²) in [5.74, 6) is -0.485. The molecule has 1 fully saturated rings. The maximum absolute atomic E-state index is 13.8. The van der Waals surface area contributed by atoms with E-state index >= 15 is 0 Å². The first-order chi connectivity index (χ1) is 16.7. The van der Waals surface area contributed by atoms with E-state index in [0.717, 1.165) is 15.7 Å². The second-order valence-electron chi connectivity index (χ2n) is 9.43. The molecule has 3 heterocycles. The molecule has 0 aliphatic carbocycles. The van der Waals surface area contributed by atoms with Crippen LogP contribution < -0.4 is 16.0 Å². The first-order valence-corrected chi connectivity index (χ1v) is 13.2. The van der Waals surface area contributed by atoms with Crippen LogP contribution in [-0.4, -0.2) is 34.4 Å². The summed E-state index contributed by atoms with van der Waals surface area (Å²) < 4.78 is 38.0. The Balaban J connectivity index is 1.72. The molecule has 0 saturated carbocycles. The number of fused-ring (bicyclic) bond motifs is 3. The molecule has 2 unspecified atom stereocenters. The van der Waals surface area contributed by atoms with Crippen LogP contribution in [-0.2, 0) is 24.1 Å². The molecule has 2 aromatic carbocycles. The quantitative estimate of drug-likeness (QED) is 0.555. The van der Waals surface area contributed by atoms with E-state index in [1.807, 2.05) is 44.2 Å². The van der Waals surface area contributed by atoms with E-state index in [2.05, 4.69) is 0 Å². The van der Waals surface area contributed by atoms with Gasteiger partial charge in [-0.3, -0.25) is 13.9 Å². The van der Waals surface area contributed by atoms with E-state index in [4.69, 9.17) is 4.74 Å². The van der Waals surface area contributed by atoms with E-state index in [9.17, 15) is 18.0 Å². The monoisotopic (exact) mass is 495 g/mol. The smallest absolute Gasteiger partial charge is 0.333 e. The third-order valence-corrected chi connectivity index (χ3v) is 9.32. The Morgan fingerprint density at radius 2 is 1.63 bits per heavy atom. The minimum absolute atomic E-state index is 0.213. The number of hydrogen-bond acceptors (Lipinski definition) is 5. The van der Waals surface area contributed by atoms with Crippen molar-refractivity contribution in [3.63, 3.8) is 0 Å². The van der Waals surface area contributed by atoms with Gasteiger partial charge in [0.1, 0.15) is 6.10 Å². The molecule has 0 bridgehead atoms. The van der Waals surface area contributed by atoms with Gasteiger partial charge in [0.2, 0.25) is 15.9 Å². The Labute approximate surface area is 204 Å². The van der Waals surface area contributed by atoms with Crippen molar-refractivity contribution < 1.29 is 13.2 Å². The van der Waals surface area contributed by atoms with Gasteiger partial charge >= 0.3 is 5.69 Å². The van der Waals surface area contributed by atoms with Gasteiger partial charge in [-0.15, -0.1) is 0 Å². The van der Waals surface area contributed by atoms with Crippen LogP contribution >= 0.6 is 0 Å². The highest BCUT2D eigenvalue weighted by molar-refractivity contribution is 7.89. The molecule has 2 aliphatic rings. The largest absolute Gasteiger partial charge is 0.470 e. The molecule has 0 radical (unpaired) electrons. The molecule has 4 atom stereocenters. The summed E-state index contributed by atoms with van der Waals surface area (Å²) in [5.41, 5.74) is 1.32. The normalized spacial score (nSPS) is 24.0. The number of hydrogen-bond donors (Lipinski definition) is 0. The summed E-state index contributed by atoms with van der Waals surface area (Å²) in [6, 6.07) is 15.9. The van der Waals surface area contributed by atoms with E-state index < -0.39 is 39.3 Å². The lowest BCUT2D eigenvalue weighted by Crippen LogP contribution is -2.46. The zero-order valence-electron chi connectivity index (χ0n) is 20.2. The highest BCUT2D eigenvalue weighted by Crippen LogP contribution is 2.52. The minimum Gasteiger partial charge on any atom is -0.470 e. The molecule has 0 amide bonds. The van der Waals surface area contributed by atoms with Crippen LogP contribution in [0.1, 0.15) is 42.1 Å². The van der Waals surface area contributed by atoms with Crippen molar-refractivity contribution in [2.45, 2.75) is 43.2 Å². The first kappa shape index (κ1) is 23.6. The summed E-state index contributed by atoms with van der Waals surface area (Å²) >= 11 is 0. The van der Waals surface area contributed by atoms with Gasteiger partial charge in [0.25, 0.3) is 5.56 Å². The topological polar surface area (TPSA) is 90.6 Å². The van der Waals surface area contributed by atoms with Crippen molar-refractivity contribution in [2.75, 3.05) is 6.54 Å². The molecule has 0 spiro atoms. The van der Waals surface area contributed by atoms with Gasteiger partial charge in [-0.2, -0.15) is 4.31 Å². The number of aryl methyl sites for hydroxylation is 1. The molecule has 1 saturated heterocycles. The van der Waals surface area contributed by atoms with E-state index in [-0.39, 0.29) is 23.2 Å². The lowest BCUT2D eigenvalue weighted by Gasteiger charge is -2.37. The number of aromatic nitrogens is 2. The van der Waals surface area contributed by atoms with Crippen LogP contribution in [0.5, 0.6) is 5.88 Å². The highest BCUT2D eigenvalue weighted by Gasteiger charge is 2.55. The van der Waals surface area contributed by atoms with Crippen molar-refractivity contribution in [2.24, 2.45) is 20.0 Å². The SMILES string of the molecule is CCC1[C@@H]2c3c(n(C)c(=O)n(C)c3=O)OC(c3ccccc3)[C@H]2CN1S(=O)(=O)c1ccc(C)cc1. The fraction of sp³-hybridized carbons (Fsp3) is 0.385. The maximum Gasteiger partial charge on any atom is 0.333 e. The fourth-order valence-electron chi connectivity index (χ4n) is 5.64. The average molecular weight is 496 g/mol. The Kier molecular flexibility index (Phi) is 5.72. The predicted octanol–water partition coefficient (Wildman–Crippen LogP) is 2.71. The zero-order valence-corrected chi connectivity index (χ0v) is 21.0. The minimum atomic E-state index is -3.82. The van der Waals surface area contributed by atoms with Crippen LogP contribution in [0.25, 0.3) is 0 Å². The van der Waals surface area contributed by atoms with Crippen LogP contribution in [0, 0.1) is 12.8 Å². The molecule has 2 aliphatic heterocycles. The lowest BCUT2D eigenvalue weighted by molar-refractivity contribution is 0.0924. The summed E-state index contributed by atoms with van der Waals surface area (Å²) in [6.07, 6.45) is 0.0119. The number of nitrogens with zero attached hydrogens (tertiary/aromatic N) is 3. The summed E-state index contributed by atoms with van der Waals surface area (Å²) in [4.78, 5) is 26.4. The first-order valence-electron chi connectivity index (χ1n) is 11.8. The lowest BCUT2D eigenvalue weighted by atomic mass is 9.77. The molecule has 5 rings (SSSR count). The predicted molar refractivity (Wildman–Crippen MR) is 132 cm³/mol. The van der Waals surface area contributed by atoms with Crippen LogP contribution in [0.3, 0.4) is 0 Å². The fourth-order valence-corrected chi connectivity index (χ4v) is 7.39. The van der Waals surface area contributed by atoms with Gasteiger partial charge in [0.15, 0.2) is 0 Å². The highest BCUT2D eigenvalue weighted by atomic mass is 32.2. The Hall–Kier alpha value is -3.17. The second kappa shape index (κ2) is 8.49. The van der Waals surface area contributed by atoms with Gasteiger partial charge in [0.05, 0.1) is 10.5 Å². The zero-order chi connectivity index (χ0) is 25.1. The third kappa shape index (κ3) is 3.56. The van der Waals surface area contributed by atoms with Crippen molar-refractivity contribution in [3.05, 3.63) is 92.1 Å². The van der Waals surface area contributed by atoms with E-state index in [0.29, 0.717) is 12.0 Å². The van der Waals surface area contributed by atoms with Crippen molar-refractivity contribution >= 4 is 10.0 Å². The number of rotatable bonds is 4. The van der Waals surface area contributed by atoms with Crippen molar-refractivity contribution in [1.29, 1.82) is 0 Å². The molecular formula is C26H29N3O5S. The second-order valence-corrected chi connectivity index (χ2v) is 11.3. The Bertz CT molecular complexity index is 1490. The molecule has 1 aromatic heterocycles. The summed E-state index contributed by atoms with van der Waals surface area (Å²) in [5, 5.41) is 0. The van der Waals surface area contributed by atoms with Gasteiger partial charge in [-0.1, -0.05) is 55.0 Å². The van der Waals surface area contributed by atoms with Gasteiger partial charge in [0, 0.05) is 38.5 Å². The van der Waals surface area contributed by atoms with Crippen molar-refractivity contribution in [3.8, 4) is 5.88 Å². The molecule has 35 heavy (non-hydrogen) atoms. The Morgan fingerprint density at radius 1 is 0.971 bits per heavy atom. The van der Waals surface area contributed by atoms with Crippen molar-refractivity contribution in [1.82, 2.24) is 13.4 Å². The van der Waals surface area contributed by atoms with Crippen LogP contribution in [0.15, 0.2) is 69.1 Å². The van der Waals surface area contributed by atoms with Gasteiger partial charge < -0.3 is 4.74 Å². The molecule has 184 valence electrons. The number of benzene rings is 2. The average Bonchev–Trinajstić information content (AvgIpc) is 3.26. The number of sulfonamides is 1. The molecule has 0 N–H and O–H groups in total. The summed E-state index contributed by atoms with van der Waals surface area (Å²) in [7, 11) is -0.797.